The van der Waals surface area contributed by atoms with Crippen LogP contribution in [0.3, 0.4) is 0 Å². The third-order valence-corrected chi connectivity index (χ3v) is 4.38. The monoisotopic (exact) mass is 280 g/mol. The van der Waals surface area contributed by atoms with E-state index in [4.69, 9.17) is 15.7 Å². The van der Waals surface area contributed by atoms with Crippen molar-refractivity contribution in [2.24, 2.45) is 0 Å². The van der Waals surface area contributed by atoms with Gasteiger partial charge in [-0.1, -0.05) is 0 Å². The molecule has 1 aromatic heterocycles. The van der Waals surface area contributed by atoms with Gasteiger partial charge in [0.2, 0.25) is 0 Å². The van der Waals surface area contributed by atoms with Crippen LogP contribution in [0.15, 0.2) is 0 Å². The average Bonchev–Trinajstić information content (AvgIpc) is 2.75. The van der Waals surface area contributed by atoms with Crippen molar-refractivity contribution in [1.82, 2.24) is 4.90 Å². The van der Waals surface area contributed by atoms with Gasteiger partial charge < -0.3 is 20.3 Å². The number of anilines is 2. The van der Waals surface area contributed by atoms with Crippen molar-refractivity contribution in [3.63, 3.8) is 0 Å². The summed E-state index contributed by atoms with van der Waals surface area (Å²) in [6.07, 6.45) is 0. The zero-order chi connectivity index (χ0) is 14.0. The van der Waals surface area contributed by atoms with E-state index in [1.165, 1.54) is 18.4 Å². The number of esters is 1. The van der Waals surface area contributed by atoms with Crippen molar-refractivity contribution < 1.29 is 9.53 Å². The lowest BCUT2D eigenvalue weighted by Crippen LogP contribution is -2.44. The van der Waals surface area contributed by atoms with Gasteiger partial charge in [0.1, 0.15) is 21.5 Å². The molecular formula is C12H16N4O2S. The third-order valence-electron chi connectivity index (χ3n) is 3.21. The van der Waals surface area contributed by atoms with Crippen LogP contribution in [0.4, 0.5) is 10.7 Å². The molecule has 0 unspecified atom stereocenters. The van der Waals surface area contributed by atoms with E-state index in [1.54, 1.807) is 0 Å². The highest BCUT2D eigenvalue weighted by atomic mass is 32.1. The molecule has 0 spiro atoms. The number of thiophene rings is 1. The first-order valence-corrected chi connectivity index (χ1v) is 6.74. The average molecular weight is 280 g/mol. The van der Waals surface area contributed by atoms with E-state index in [0.29, 0.717) is 10.4 Å². The second-order valence-electron chi connectivity index (χ2n) is 4.42. The van der Waals surface area contributed by atoms with Crippen LogP contribution in [0, 0.1) is 11.3 Å². The fourth-order valence-electron chi connectivity index (χ4n) is 2.05. The van der Waals surface area contributed by atoms with E-state index < -0.39 is 5.97 Å². The Labute approximate surface area is 116 Å². The second kappa shape index (κ2) is 5.47. The largest absolute Gasteiger partial charge is 0.465 e. The molecule has 0 bridgehead atoms. The number of nitrogens with two attached hydrogens (primary N) is 1. The Morgan fingerprint density at radius 1 is 1.42 bits per heavy atom. The zero-order valence-corrected chi connectivity index (χ0v) is 11.8. The van der Waals surface area contributed by atoms with Crippen molar-refractivity contribution in [1.29, 1.82) is 5.26 Å². The Balaban J connectivity index is 2.39. The molecule has 1 saturated heterocycles. The summed E-state index contributed by atoms with van der Waals surface area (Å²) in [6.45, 7) is 3.46. The maximum Gasteiger partial charge on any atom is 0.343 e. The van der Waals surface area contributed by atoms with Gasteiger partial charge in [0.05, 0.1) is 12.8 Å². The maximum atomic E-state index is 11.8. The lowest BCUT2D eigenvalue weighted by Gasteiger charge is -2.33. The summed E-state index contributed by atoms with van der Waals surface area (Å²) in [6, 6.07) is 2.03. The Morgan fingerprint density at radius 2 is 2.05 bits per heavy atom. The van der Waals surface area contributed by atoms with E-state index in [9.17, 15) is 4.79 Å². The van der Waals surface area contributed by atoms with E-state index >= 15 is 0 Å². The van der Waals surface area contributed by atoms with Crippen molar-refractivity contribution in [3.8, 4) is 6.07 Å². The lowest BCUT2D eigenvalue weighted by atomic mass is 10.2. The number of nitriles is 1. The van der Waals surface area contributed by atoms with Crippen LogP contribution < -0.4 is 10.6 Å². The van der Waals surface area contributed by atoms with Gasteiger partial charge in [-0.3, -0.25) is 0 Å². The van der Waals surface area contributed by atoms with Crippen LogP contribution in [-0.2, 0) is 4.74 Å². The Kier molecular flexibility index (Phi) is 3.93. The van der Waals surface area contributed by atoms with Crippen LogP contribution in [0.2, 0.25) is 0 Å². The Bertz CT molecular complexity index is 527. The molecule has 2 heterocycles. The molecule has 6 nitrogen and oxygen atoms in total. The highest BCUT2D eigenvalue weighted by Crippen LogP contribution is 2.38. The second-order valence-corrected chi connectivity index (χ2v) is 5.42. The van der Waals surface area contributed by atoms with Crippen LogP contribution in [0.1, 0.15) is 15.2 Å². The van der Waals surface area contributed by atoms with Crippen LogP contribution in [0.5, 0.6) is 0 Å². The van der Waals surface area contributed by atoms with Gasteiger partial charge in [0.15, 0.2) is 0 Å². The standard InChI is InChI=1S/C12H16N4O2S/c1-15-3-5-16(6-4-15)11-9(12(17)18-2)10(14)8(7-13)19-11/h3-6,14H2,1-2H3. The molecule has 7 heteroatoms. The van der Waals surface area contributed by atoms with Gasteiger partial charge >= 0.3 is 5.97 Å². The maximum absolute atomic E-state index is 11.8. The fourth-order valence-corrected chi connectivity index (χ4v) is 3.10. The first-order valence-electron chi connectivity index (χ1n) is 5.92. The molecule has 2 N–H and O–H groups in total. The van der Waals surface area contributed by atoms with E-state index in [2.05, 4.69) is 16.8 Å². The van der Waals surface area contributed by atoms with Gasteiger partial charge in [-0.15, -0.1) is 11.3 Å². The summed E-state index contributed by atoms with van der Waals surface area (Å²) in [5.74, 6) is -0.482. The molecule has 1 aliphatic rings. The number of nitrogen functional groups attached to an aromatic ring is 1. The van der Waals surface area contributed by atoms with Crippen LogP contribution in [0.25, 0.3) is 0 Å². The molecule has 1 aromatic rings. The van der Waals surface area contributed by atoms with Crippen molar-refractivity contribution >= 4 is 28.0 Å². The van der Waals surface area contributed by atoms with Crippen LogP contribution in [-0.4, -0.2) is 51.2 Å². The first-order chi connectivity index (χ1) is 9.08. The van der Waals surface area contributed by atoms with Gasteiger partial charge in [-0.05, 0) is 7.05 Å². The molecule has 0 atom stereocenters. The fraction of sp³-hybridized carbons (Fsp3) is 0.500. The van der Waals surface area contributed by atoms with Gasteiger partial charge in [0, 0.05) is 26.2 Å². The molecule has 2 rings (SSSR count). The minimum atomic E-state index is -0.482. The number of piperazine rings is 1. The van der Waals surface area contributed by atoms with Gasteiger partial charge in [-0.25, -0.2) is 4.79 Å². The lowest BCUT2D eigenvalue weighted by molar-refractivity contribution is 0.0603. The predicted octanol–water partition coefficient (Wildman–Crippen LogP) is 0.740. The van der Waals surface area contributed by atoms with Gasteiger partial charge in [-0.2, -0.15) is 5.26 Å². The summed E-state index contributed by atoms with van der Waals surface area (Å²) < 4.78 is 4.77. The Morgan fingerprint density at radius 3 is 2.58 bits per heavy atom. The molecule has 0 aromatic carbocycles. The molecular weight excluding hydrogens is 264 g/mol. The van der Waals surface area contributed by atoms with E-state index in [-0.39, 0.29) is 5.69 Å². The van der Waals surface area contributed by atoms with E-state index in [1.807, 2.05) is 6.07 Å². The summed E-state index contributed by atoms with van der Waals surface area (Å²) in [4.78, 5) is 16.5. The quantitative estimate of drug-likeness (QED) is 0.805. The molecule has 0 saturated carbocycles. The Hall–Kier alpha value is -1.78. The molecule has 1 aliphatic heterocycles. The van der Waals surface area contributed by atoms with Crippen LogP contribution >= 0.6 is 11.3 Å². The normalized spacial score (nSPS) is 16.2. The highest BCUT2D eigenvalue weighted by molar-refractivity contribution is 7.17. The number of hydrogen-bond acceptors (Lipinski definition) is 7. The smallest absolute Gasteiger partial charge is 0.343 e. The molecule has 0 amide bonds. The first kappa shape index (κ1) is 13.6. The summed E-state index contributed by atoms with van der Waals surface area (Å²) >= 11 is 1.26. The molecule has 0 radical (unpaired) electrons. The number of methoxy groups -OCH3 is 1. The summed E-state index contributed by atoms with van der Waals surface area (Å²) in [5, 5.41) is 9.80. The topological polar surface area (TPSA) is 82.6 Å². The number of carbonyl (C=O) groups is 1. The minimum absolute atomic E-state index is 0.230. The van der Waals surface area contributed by atoms with Crippen molar-refractivity contribution in [2.45, 2.75) is 0 Å². The highest BCUT2D eigenvalue weighted by Gasteiger charge is 2.27. The van der Waals surface area contributed by atoms with Gasteiger partial charge in [0.25, 0.3) is 0 Å². The van der Waals surface area contributed by atoms with Crippen molar-refractivity contribution in [2.75, 3.05) is 51.0 Å². The zero-order valence-electron chi connectivity index (χ0n) is 11.0. The number of likely N-dealkylation sites (N-methyl/N-ethyl adjacent to an activating group) is 1. The predicted molar refractivity (Wildman–Crippen MR) is 74.5 cm³/mol. The number of ether oxygens (including phenoxy) is 1. The molecule has 0 aliphatic carbocycles. The minimum Gasteiger partial charge on any atom is -0.465 e. The third kappa shape index (κ3) is 2.50. The number of nitrogens with zero attached hydrogens (tertiary/aromatic N) is 3. The van der Waals surface area contributed by atoms with Crippen molar-refractivity contribution in [3.05, 3.63) is 10.4 Å². The van der Waals surface area contributed by atoms with E-state index in [0.717, 1.165) is 31.2 Å². The summed E-state index contributed by atoms with van der Waals surface area (Å²) in [5.41, 5.74) is 6.43. The number of carbonyl (C=O) groups excluding carboxylic acids is 1. The molecule has 19 heavy (non-hydrogen) atoms. The number of rotatable bonds is 2. The summed E-state index contributed by atoms with van der Waals surface area (Å²) in [7, 11) is 3.38. The molecule has 102 valence electrons. The SMILES string of the molecule is COC(=O)c1c(N2CCN(C)CC2)sc(C#N)c1N. The molecule has 1 fully saturated rings. The number of hydrogen-bond donors (Lipinski definition) is 1.